The third-order valence-corrected chi connectivity index (χ3v) is 5.61. The molecule has 1 aliphatic rings. The van der Waals surface area contributed by atoms with E-state index in [1.807, 2.05) is 29.7 Å². The molecule has 0 fully saturated rings. The van der Waals surface area contributed by atoms with Gasteiger partial charge in [0.1, 0.15) is 0 Å². The number of aromatic nitrogens is 4. The van der Waals surface area contributed by atoms with E-state index in [1.165, 1.54) is 20.3 Å². The summed E-state index contributed by atoms with van der Waals surface area (Å²) < 4.78 is 4.72. The first-order valence-corrected chi connectivity index (χ1v) is 9.60. The lowest BCUT2D eigenvalue weighted by Gasteiger charge is -2.30. The van der Waals surface area contributed by atoms with Crippen molar-refractivity contribution in [1.29, 1.82) is 0 Å². The molecule has 0 radical (unpaired) electrons. The summed E-state index contributed by atoms with van der Waals surface area (Å²) in [6, 6.07) is 6.22. The van der Waals surface area contributed by atoms with Crippen LogP contribution in [0.25, 0.3) is 11.2 Å². The third-order valence-electron chi connectivity index (χ3n) is 5.61. The molecule has 0 saturated heterocycles. The molecule has 146 valence electrons. The van der Waals surface area contributed by atoms with Crippen molar-refractivity contribution < 1.29 is 0 Å². The van der Waals surface area contributed by atoms with E-state index >= 15 is 0 Å². The highest BCUT2D eigenvalue weighted by Crippen LogP contribution is 2.33. The van der Waals surface area contributed by atoms with E-state index in [2.05, 4.69) is 30.9 Å². The van der Waals surface area contributed by atoms with Crippen LogP contribution in [0.5, 0.6) is 0 Å². The maximum atomic E-state index is 13.1. The van der Waals surface area contributed by atoms with Gasteiger partial charge in [-0.1, -0.05) is 24.3 Å². The van der Waals surface area contributed by atoms with Gasteiger partial charge in [-0.15, -0.1) is 0 Å². The van der Waals surface area contributed by atoms with Crippen molar-refractivity contribution in [3.63, 3.8) is 0 Å². The van der Waals surface area contributed by atoms with Crippen molar-refractivity contribution in [2.45, 2.75) is 40.3 Å². The zero-order chi connectivity index (χ0) is 20.0. The highest BCUT2D eigenvalue weighted by atomic mass is 16.2. The van der Waals surface area contributed by atoms with Gasteiger partial charge in [0.25, 0.3) is 5.56 Å². The number of imidazole rings is 1. The Hall–Kier alpha value is -3.09. The maximum absolute atomic E-state index is 13.1. The van der Waals surface area contributed by atoms with Gasteiger partial charge in [-0.05, 0) is 44.4 Å². The Kier molecular flexibility index (Phi) is 4.45. The second-order valence-electron chi connectivity index (χ2n) is 7.29. The Morgan fingerprint density at radius 3 is 2.71 bits per heavy atom. The molecule has 7 nitrogen and oxygen atoms in total. The fraction of sp³-hybridized carbons (Fsp3) is 0.381. The van der Waals surface area contributed by atoms with Gasteiger partial charge < -0.3 is 9.47 Å². The molecular formula is C21H25N5O2. The highest BCUT2D eigenvalue weighted by Gasteiger charge is 2.27. The fourth-order valence-electron chi connectivity index (χ4n) is 3.89. The molecule has 1 aliphatic heterocycles. The molecule has 0 bridgehead atoms. The predicted molar refractivity (Wildman–Crippen MR) is 112 cm³/mol. The van der Waals surface area contributed by atoms with Gasteiger partial charge in [-0.2, -0.15) is 4.98 Å². The number of hydrogen-bond donors (Lipinski definition) is 0. The van der Waals surface area contributed by atoms with Gasteiger partial charge in [-0.25, -0.2) is 4.79 Å². The molecule has 1 aromatic carbocycles. The zero-order valence-corrected chi connectivity index (χ0v) is 16.8. The molecule has 28 heavy (non-hydrogen) atoms. The van der Waals surface area contributed by atoms with E-state index in [9.17, 15) is 9.59 Å². The van der Waals surface area contributed by atoms with E-state index in [1.54, 1.807) is 7.05 Å². The van der Waals surface area contributed by atoms with Crippen LogP contribution in [0, 0.1) is 13.8 Å². The summed E-state index contributed by atoms with van der Waals surface area (Å²) in [6.07, 6.45) is 4.55. The number of fused-ring (bicyclic) bond motifs is 3. The number of aryl methyl sites for hydroxylation is 3. The lowest BCUT2D eigenvalue weighted by atomic mass is 10.1. The van der Waals surface area contributed by atoms with Gasteiger partial charge in [0.2, 0.25) is 5.95 Å². The van der Waals surface area contributed by atoms with Gasteiger partial charge in [-0.3, -0.25) is 13.9 Å². The minimum Gasteiger partial charge on any atom is -0.312 e. The molecule has 0 atom stereocenters. The fourth-order valence-corrected chi connectivity index (χ4v) is 3.89. The van der Waals surface area contributed by atoms with Crippen molar-refractivity contribution in [2.24, 2.45) is 7.05 Å². The number of anilines is 2. The maximum Gasteiger partial charge on any atom is 0.332 e. The first-order valence-electron chi connectivity index (χ1n) is 9.60. The largest absolute Gasteiger partial charge is 0.332 e. The standard InChI is InChI=1S/C21H25N5O2/c1-5-6-11-26-19(27)17-18(23(4)21(26)28)22-20-24(12-8-13-25(17)20)16-10-7-9-14(2)15(16)3/h5-7,9-10H,8,11-13H2,1-4H3. The Bertz CT molecular complexity index is 1210. The summed E-state index contributed by atoms with van der Waals surface area (Å²) >= 11 is 0. The average Bonchev–Trinajstić information content (AvgIpc) is 3.08. The normalized spacial score (nSPS) is 14.2. The highest BCUT2D eigenvalue weighted by molar-refractivity contribution is 5.77. The molecule has 7 heteroatoms. The summed E-state index contributed by atoms with van der Waals surface area (Å²) in [6.45, 7) is 7.87. The van der Waals surface area contributed by atoms with Gasteiger partial charge in [0.05, 0.1) is 0 Å². The quantitative estimate of drug-likeness (QED) is 0.656. The van der Waals surface area contributed by atoms with E-state index in [0.29, 0.717) is 17.7 Å². The number of rotatable bonds is 3. The molecule has 0 saturated carbocycles. The summed E-state index contributed by atoms with van der Waals surface area (Å²) in [5.41, 5.74) is 3.82. The summed E-state index contributed by atoms with van der Waals surface area (Å²) in [7, 11) is 1.68. The van der Waals surface area contributed by atoms with Crippen LogP contribution in [-0.4, -0.2) is 25.2 Å². The van der Waals surface area contributed by atoms with E-state index < -0.39 is 0 Å². The molecular weight excluding hydrogens is 354 g/mol. The number of benzene rings is 1. The smallest absolute Gasteiger partial charge is 0.312 e. The predicted octanol–water partition coefficient (Wildman–Crippen LogP) is 2.63. The van der Waals surface area contributed by atoms with Crippen LogP contribution < -0.4 is 16.1 Å². The van der Waals surface area contributed by atoms with Gasteiger partial charge in [0, 0.05) is 32.4 Å². The SMILES string of the molecule is CC=CCn1c(=O)c2c(nc3n2CCCN3c2cccc(C)c2C)n(C)c1=O. The summed E-state index contributed by atoms with van der Waals surface area (Å²) in [4.78, 5) is 32.7. The Morgan fingerprint density at radius 2 is 1.96 bits per heavy atom. The molecule has 0 amide bonds. The monoisotopic (exact) mass is 379 g/mol. The first kappa shape index (κ1) is 18.3. The lowest BCUT2D eigenvalue weighted by molar-refractivity contribution is 0.597. The van der Waals surface area contributed by atoms with Crippen molar-refractivity contribution >= 4 is 22.8 Å². The van der Waals surface area contributed by atoms with E-state index in [-0.39, 0.29) is 17.8 Å². The van der Waals surface area contributed by atoms with Crippen LogP contribution in [0.15, 0.2) is 39.9 Å². The lowest BCUT2D eigenvalue weighted by Crippen LogP contribution is -2.39. The van der Waals surface area contributed by atoms with Gasteiger partial charge >= 0.3 is 5.69 Å². The zero-order valence-electron chi connectivity index (χ0n) is 16.8. The molecule has 4 rings (SSSR count). The van der Waals surface area contributed by atoms with Crippen molar-refractivity contribution in [2.75, 3.05) is 11.4 Å². The van der Waals surface area contributed by atoms with E-state index in [4.69, 9.17) is 4.98 Å². The molecule has 0 N–H and O–H groups in total. The summed E-state index contributed by atoms with van der Waals surface area (Å²) in [5, 5.41) is 0. The van der Waals surface area contributed by atoms with Gasteiger partial charge in [0.15, 0.2) is 11.2 Å². The van der Waals surface area contributed by atoms with Crippen molar-refractivity contribution in [3.8, 4) is 0 Å². The van der Waals surface area contributed by atoms with Crippen molar-refractivity contribution in [3.05, 3.63) is 62.3 Å². The average molecular weight is 379 g/mol. The van der Waals surface area contributed by atoms with Crippen LogP contribution in [-0.2, 0) is 20.1 Å². The Labute approximate surface area is 163 Å². The molecule has 3 heterocycles. The van der Waals surface area contributed by atoms with Crippen LogP contribution >= 0.6 is 0 Å². The Balaban J connectivity index is 2.00. The third kappa shape index (κ3) is 2.61. The van der Waals surface area contributed by atoms with Crippen molar-refractivity contribution in [1.82, 2.24) is 18.7 Å². The number of nitrogens with zero attached hydrogens (tertiary/aromatic N) is 5. The molecule has 0 aliphatic carbocycles. The van der Waals surface area contributed by atoms with E-state index in [0.717, 1.165) is 24.6 Å². The summed E-state index contributed by atoms with van der Waals surface area (Å²) in [5.74, 6) is 0.728. The Morgan fingerprint density at radius 1 is 1.18 bits per heavy atom. The second kappa shape index (κ2) is 6.82. The molecule has 0 unspecified atom stereocenters. The molecule has 2 aromatic heterocycles. The molecule has 0 spiro atoms. The number of allylic oxidation sites excluding steroid dienone is 2. The molecule has 3 aromatic rings. The van der Waals surface area contributed by atoms with Crippen LogP contribution in [0.2, 0.25) is 0 Å². The first-order chi connectivity index (χ1) is 13.5. The number of hydrogen-bond acceptors (Lipinski definition) is 4. The second-order valence-corrected chi connectivity index (χ2v) is 7.29. The minimum atomic E-state index is -0.343. The minimum absolute atomic E-state index is 0.263. The topological polar surface area (TPSA) is 65.1 Å². The van der Waals surface area contributed by atoms with Crippen LogP contribution in [0.4, 0.5) is 11.6 Å². The van der Waals surface area contributed by atoms with Crippen LogP contribution in [0.3, 0.4) is 0 Å². The van der Waals surface area contributed by atoms with Crippen LogP contribution in [0.1, 0.15) is 24.5 Å².